The number of hydrogen-bond acceptors (Lipinski definition) is 3. The number of hydrogen-bond donors (Lipinski definition) is 2. The van der Waals surface area contributed by atoms with Gasteiger partial charge >= 0.3 is 0 Å². The molecule has 3 fully saturated rings. The van der Waals surface area contributed by atoms with Crippen LogP contribution in [0.5, 0.6) is 0 Å². The molecule has 0 amide bonds. The molecule has 0 aromatic rings. The first-order valence-electron chi connectivity index (χ1n) is 8.33. The molecule has 3 aliphatic rings. The van der Waals surface area contributed by atoms with E-state index in [1.807, 2.05) is 0 Å². The third kappa shape index (κ3) is 2.84. The highest BCUT2D eigenvalue weighted by Gasteiger charge is 2.49. The standard InChI is InChI=1S/C16H30N2O/c1-3-15-9-4-12(2)18(15)10-16(11-19,13-5-6-13)17-14-7-8-14/h12-15,17,19H,3-11H2,1-2H3. The maximum atomic E-state index is 10.1. The summed E-state index contributed by atoms with van der Waals surface area (Å²) in [5.41, 5.74) is -0.00676. The number of aliphatic hydroxyl groups excluding tert-OH is 1. The summed E-state index contributed by atoms with van der Waals surface area (Å²) in [4.78, 5) is 2.68. The molecule has 1 heterocycles. The summed E-state index contributed by atoms with van der Waals surface area (Å²) in [7, 11) is 0. The van der Waals surface area contributed by atoms with Gasteiger partial charge in [-0.2, -0.15) is 0 Å². The molecule has 3 heteroatoms. The van der Waals surface area contributed by atoms with Crippen molar-refractivity contribution in [3.05, 3.63) is 0 Å². The zero-order valence-electron chi connectivity index (χ0n) is 12.6. The summed E-state index contributed by atoms with van der Waals surface area (Å²) in [6.45, 7) is 6.04. The first kappa shape index (κ1) is 13.8. The van der Waals surface area contributed by atoms with Crippen molar-refractivity contribution in [2.75, 3.05) is 13.2 Å². The predicted octanol–water partition coefficient (Wildman–Crippen LogP) is 2.14. The van der Waals surface area contributed by atoms with E-state index in [9.17, 15) is 5.11 Å². The van der Waals surface area contributed by atoms with E-state index < -0.39 is 0 Å². The Kier molecular flexibility index (Phi) is 3.89. The topological polar surface area (TPSA) is 35.5 Å². The van der Waals surface area contributed by atoms with E-state index in [2.05, 4.69) is 24.1 Å². The Bertz CT molecular complexity index is 314. The Hall–Kier alpha value is -0.120. The van der Waals surface area contributed by atoms with Crippen LogP contribution in [0.3, 0.4) is 0 Å². The molecule has 2 N–H and O–H groups in total. The average molecular weight is 266 g/mol. The van der Waals surface area contributed by atoms with Crippen molar-refractivity contribution < 1.29 is 5.11 Å². The largest absolute Gasteiger partial charge is 0.394 e. The van der Waals surface area contributed by atoms with Crippen molar-refractivity contribution >= 4 is 0 Å². The SMILES string of the molecule is CCC1CCC(C)N1CC(CO)(NC1CC1)C1CC1. The minimum absolute atomic E-state index is 0.00676. The molecule has 110 valence electrons. The van der Waals surface area contributed by atoms with Gasteiger partial charge < -0.3 is 10.4 Å². The lowest BCUT2D eigenvalue weighted by Gasteiger charge is -2.41. The molecular formula is C16H30N2O. The Balaban J connectivity index is 1.71. The molecule has 19 heavy (non-hydrogen) atoms. The van der Waals surface area contributed by atoms with Crippen LogP contribution < -0.4 is 5.32 Å². The summed E-state index contributed by atoms with van der Waals surface area (Å²) in [5.74, 6) is 0.711. The molecule has 0 radical (unpaired) electrons. The van der Waals surface area contributed by atoms with E-state index in [1.54, 1.807) is 0 Å². The fourth-order valence-corrected chi connectivity index (χ4v) is 3.96. The zero-order chi connectivity index (χ0) is 13.5. The van der Waals surface area contributed by atoms with Crippen LogP contribution in [0.2, 0.25) is 0 Å². The molecule has 3 unspecified atom stereocenters. The summed E-state index contributed by atoms with van der Waals surface area (Å²) in [5, 5.41) is 13.9. The van der Waals surface area contributed by atoms with Crippen molar-refractivity contribution in [2.24, 2.45) is 5.92 Å². The van der Waals surface area contributed by atoms with Gasteiger partial charge in [0.25, 0.3) is 0 Å². The van der Waals surface area contributed by atoms with Crippen molar-refractivity contribution in [3.63, 3.8) is 0 Å². The van der Waals surface area contributed by atoms with Crippen LogP contribution in [-0.4, -0.2) is 46.8 Å². The fourth-order valence-electron chi connectivity index (χ4n) is 3.96. The highest BCUT2D eigenvalue weighted by molar-refractivity contribution is 5.07. The lowest BCUT2D eigenvalue weighted by Crippen LogP contribution is -2.60. The van der Waals surface area contributed by atoms with Crippen molar-refractivity contribution in [1.82, 2.24) is 10.2 Å². The van der Waals surface area contributed by atoms with Crippen LogP contribution in [0.4, 0.5) is 0 Å². The molecule has 0 spiro atoms. The van der Waals surface area contributed by atoms with Gasteiger partial charge in [0, 0.05) is 24.7 Å². The Labute approximate surface area is 117 Å². The minimum atomic E-state index is -0.00676. The van der Waals surface area contributed by atoms with Gasteiger partial charge in [-0.15, -0.1) is 0 Å². The van der Waals surface area contributed by atoms with Crippen LogP contribution in [0.15, 0.2) is 0 Å². The summed E-state index contributed by atoms with van der Waals surface area (Å²) in [6, 6.07) is 2.11. The van der Waals surface area contributed by atoms with Crippen LogP contribution in [0, 0.1) is 5.92 Å². The van der Waals surface area contributed by atoms with E-state index in [0.717, 1.165) is 12.6 Å². The van der Waals surface area contributed by atoms with E-state index in [4.69, 9.17) is 0 Å². The molecule has 2 saturated carbocycles. The molecule has 0 bridgehead atoms. The van der Waals surface area contributed by atoms with Crippen LogP contribution >= 0.6 is 0 Å². The van der Waals surface area contributed by atoms with Gasteiger partial charge in [-0.1, -0.05) is 6.92 Å². The zero-order valence-corrected chi connectivity index (χ0v) is 12.6. The number of aliphatic hydroxyl groups is 1. The maximum absolute atomic E-state index is 10.1. The van der Waals surface area contributed by atoms with Crippen LogP contribution in [0.1, 0.15) is 58.8 Å². The van der Waals surface area contributed by atoms with Crippen molar-refractivity contribution in [1.29, 1.82) is 0 Å². The number of nitrogens with one attached hydrogen (secondary N) is 1. The van der Waals surface area contributed by atoms with E-state index >= 15 is 0 Å². The summed E-state index contributed by atoms with van der Waals surface area (Å²) in [6.07, 6.45) is 9.14. The third-order valence-electron chi connectivity index (χ3n) is 5.60. The summed E-state index contributed by atoms with van der Waals surface area (Å²) < 4.78 is 0. The fraction of sp³-hybridized carbons (Fsp3) is 1.00. The molecule has 0 aromatic heterocycles. The molecule has 1 aliphatic heterocycles. The average Bonchev–Trinajstić information content (AvgIpc) is 3.30. The molecule has 1 saturated heterocycles. The van der Waals surface area contributed by atoms with Crippen molar-refractivity contribution in [2.45, 2.75) is 82.5 Å². The molecule has 3 nitrogen and oxygen atoms in total. The Morgan fingerprint density at radius 3 is 2.42 bits per heavy atom. The Morgan fingerprint density at radius 2 is 1.89 bits per heavy atom. The second-order valence-corrected chi connectivity index (χ2v) is 7.17. The quantitative estimate of drug-likeness (QED) is 0.741. The molecule has 3 atom stereocenters. The highest BCUT2D eigenvalue weighted by Crippen LogP contribution is 2.43. The van der Waals surface area contributed by atoms with Gasteiger partial charge in [0.2, 0.25) is 0 Å². The van der Waals surface area contributed by atoms with Gasteiger partial charge in [-0.05, 0) is 57.8 Å². The van der Waals surface area contributed by atoms with Crippen LogP contribution in [-0.2, 0) is 0 Å². The molecule has 3 rings (SSSR count). The van der Waals surface area contributed by atoms with E-state index in [-0.39, 0.29) is 5.54 Å². The third-order valence-corrected chi connectivity index (χ3v) is 5.60. The lowest BCUT2D eigenvalue weighted by molar-refractivity contribution is 0.0674. The van der Waals surface area contributed by atoms with Gasteiger partial charge in [-0.25, -0.2) is 0 Å². The van der Waals surface area contributed by atoms with E-state index in [0.29, 0.717) is 24.6 Å². The van der Waals surface area contributed by atoms with Gasteiger partial charge in [-0.3, -0.25) is 4.90 Å². The second-order valence-electron chi connectivity index (χ2n) is 7.17. The van der Waals surface area contributed by atoms with Crippen molar-refractivity contribution in [3.8, 4) is 0 Å². The van der Waals surface area contributed by atoms with Crippen LogP contribution in [0.25, 0.3) is 0 Å². The first-order chi connectivity index (χ1) is 9.18. The summed E-state index contributed by atoms with van der Waals surface area (Å²) >= 11 is 0. The lowest BCUT2D eigenvalue weighted by atomic mass is 9.92. The minimum Gasteiger partial charge on any atom is -0.394 e. The molecule has 0 aromatic carbocycles. The Morgan fingerprint density at radius 1 is 1.16 bits per heavy atom. The van der Waals surface area contributed by atoms with Gasteiger partial charge in [0.05, 0.1) is 12.1 Å². The highest BCUT2D eigenvalue weighted by atomic mass is 16.3. The maximum Gasteiger partial charge on any atom is 0.0628 e. The first-order valence-corrected chi connectivity index (χ1v) is 8.33. The molecule has 2 aliphatic carbocycles. The normalized spacial score (nSPS) is 35.5. The predicted molar refractivity (Wildman–Crippen MR) is 78.2 cm³/mol. The second kappa shape index (κ2) is 5.34. The molecular weight excluding hydrogens is 236 g/mol. The van der Waals surface area contributed by atoms with Gasteiger partial charge in [0.1, 0.15) is 0 Å². The number of likely N-dealkylation sites (tertiary alicyclic amines) is 1. The monoisotopic (exact) mass is 266 g/mol. The van der Waals surface area contributed by atoms with E-state index in [1.165, 1.54) is 44.9 Å². The number of nitrogens with zero attached hydrogens (tertiary/aromatic N) is 1. The number of rotatable bonds is 7. The smallest absolute Gasteiger partial charge is 0.0628 e. The van der Waals surface area contributed by atoms with Gasteiger partial charge in [0.15, 0.2) is 0 Å².